The molecule has 10 nitrogen and oxygen atoms in total. The van der Waals surface area contributed by atoms with Crippen LogP contribution < -0.4 is 9.64 Å². The summed E-state index contributed by atoms with van der Waals surface area (Å²) in [5, 5.41) is 2.39. The maximum Gasteiger partial charge on any atom is 0.316 e. The number of rotatable bonds is 9. The first-order valence-corrected chi connectivity index (χ1v) is 13.6. The van der Waals surface area contributed by atoms with Gasteiger partial charge in [-0.2, -0.15) is 0 Å². The van der Waals surface area contributed by atoms with Crippen molar-refractivity contribution >= 4 is 29.3 Å². The number of nitrogens with zero attached hydrogens (tertiary/aromatic N) is 3. The van der Waals surface area contributed by atoms with E-state index in [0.717, 1.165) is 21.8 Å². The molecule has 2 aliphatic rings. The van der Waals surface area contributed by atoms with Crippen molar-refractivity contribution < 1.29 is 28.6 Å². The molecule has 224 valence electrons. The molecule has 0 bridgehead atoms. The molecule has 44 heavy (non-hydrogen) atoms. The molecule has 1 unspecified atom stereocenters. The first kappa shape index (κ1) is 31.3. The Morgan fingerprint density at radius 3 is 2.55 bits per heavy atom. The van der Waals surface area contributed by atoms with Crippen molar-refractivity contribution in [3.8, 4) is 5.75 Å². The van der Waals surface area contributed by atoms with E-state index >= 15 is 0 Å². The lowest BCUT2D eigenvalue weighted by Crippen LogP contribution is -2.29. The summed E-state index contributed by atoms with van der Waals surface area (Å²) < 4.78 is 17.7. The third kappa shape index (κ3) is 6.54. The lowest BCUT2D eigenvalue weighted by Gasteiger charge is -2.18. The Hall–Kier alpha value is -5.64. The van der Waals surface area contributed by atoms with Gasteiger partial charge in [-0.05, 0) is 74.4 Å². The van der Waals surface area contributed by atoms with E-state index in [1.54, 1.807) is 30.4 Å². The molecule has 2 aliphatic heterocycles. The van der Waals surface area contributed by atoms with Gasteiger partial charge in [0, 0.05) is 10.7 Å². The van der Waals surface area contributed by atoms with Crippen molar-refractivity contribution in [1.82, 2.24) is 0 Å². The molecular formula is C34H31N3O7. The van der Waals surface area contributed by atoms with Crippen LogP contribution in [0.5, 0.6) is 5.75 Å². The highest BCUT2D eigenvalue weighted by atomic mass is 16.5. The van der Waals surface area contributed by atoms with Crippen molar-refractivity contribution in [2.24, 2.45) is 10.2 Å². The number of carbonyl (C=O) groups is 3. The molecule has 0 N–H and O–H groups in total. The first-order valence-electron chi connectivity index (χ1n) is 13.6. The van der Waals surface area contributed by atoms with Crippen LogP contribution in [-0.4, -0.2) is 43.4 Å². The maximum atomic E-state index is 13.3. The quantitative estimate of drug-likeness (QED) is 0.139. The predicted octanol–water partition coefficient (Wildman–Crippen LogP) is 6.62. The molecule has 0 fully saturated rings. The van der Waals surface area contributed by atoms with Crippen molar-refractivity contribution in [2.45, 2.75) is 26.9 Å². The molecule has 0 saturated heterocycles. The van der Waals surface area contributed by atoms with Crippen LogP contribution in [-0.2, 0) is 9.47 Å². The number of anilines is 1. The van der Waals surface area contributed by atoms with E-state index in [4.69, 9.17) is 14.2 Å². The zero-order valence-corrected chi connectivity index (χ0v) is 24.8. The smallest absolute Gasteiger partial charge is 0.316 e. The second-order valence-corrected chi connectivity index (χ2v) is 9.83. The molecule has 0 aromatic heterocycles. The maximum absolute atomic E-state index is 13.3. The largest absolute Gasteiger partial charge is 0.496 e. The molecule has 0 spiro atoms. The number of allylic oxidation sites excluding steroid dienone is 6. The third-order valence-corrected chi connectivity index (χ3v) is 7.00. The number of imide groups is 1. The Labute approximate surface area is 255 Å². The Kier molecular flexibility index (Phi) is 9.64. The van der Waals surface area contributed by atoms with E-state index in [0.29, 0.717) is 11.3 Å². The van der Waals surface area contributed by atoms with Gasteiger partial charge in [0.15, 0.2) is 0 Å². The standard InChI is InChI=1S/C34H31N3O7/c1-7-8-9-20(2)22(4)44-23(5)24-11-10-21(3)43-32(35-17-16-24)29-19-26(13-15-30(29)42-6)37-33(39)27-14-12-25(31(38)36-41)18-28(27)34(37)40/h7-16,18-19,23H,1,3,17H2,2,4-6H3/b9-8-,11-10-,22-20+,24-16+,35-32?. The second-order valence-electron chi connectivity index (χ2n) is 9.83. The fourth-order valence-corrected chi connectivity index (χ4v) is 4.54. The van der Waals surface area contributed by atoms with Crippen molar-refractivity contribution in [3.63, 3.8) is 0 Å². The molecule has 3 amide bonds. The number of hydrogen-bond donors (Lipinski definition) is 0. The van der Waals surface area contributed by atoms with Crippen molar-refractivity contribution in [1.29, 1.82) is 0 Å². The van der Waals surface area contributed by atoms with Gasteiger partial charge in [0.05, 0.1) is 41.8 Å². The SMILES string of the molecule is C=C/C=C\C(C)=C(/C)OC(C)C1=C/CN=C(c2cc(N3C(=O)c4ccc(C(=O)N=O)cc4C3=O)ccc2OC)OC(=C)/C=C\1. The van der Waals surface area contributed by atoms with Gasteiger partial charge in [0.25, 0.3) is 11.8 Å². The fourth-order valence-electron chi connectivity index (χ4n) is 4.54. The monoisotopic (exact) mass is 593 g/mol. The average molecular weight is 594 g/mol. The minimum atomic E-state index is -1.04. The summed E-state index contributed by atoms with van der Waals surface area (Å²) in [6.45, 7) is 13.7. The van der Waals surface area contributed by atoms with E-state index in [1.165, 1.54) is 25.3 Å². The normalized spacial score (nSPS) is 18.0. The van der Waals surface area contributed by atoms with Crippen LogP contribution in [0.1, 0.15) is 57.4 Å². The van der Waals surface area contributed by atoms with Crippen LogP contribution >= 0.6 is 0 Å². The Bertz CT molecular complexity index is 1730. The Morgan fingerprint density at radius 1 is 1.09 bits per heavy atom. The number of methoxy groups -OCH3 is 1. The van der Waals surface area contributed by atoms with Crippen molar-refractivity contribution in [2.75, 3.05) is 18.6 Å². The summed E-state index contributed by atoms with van der Waals surface area (Å²) in [4.78, 5) is 54.6. The summed E-state index contributed by atoms with van der Waals surface area (Å²) in [5.41, 5.74) is 2.42. The number of hydrogen-bond acceptors (Lipinski definition) is 8. The lowest BCUT2D eigenvalue weighted by atomic mass is 10.1. The van der Waals surface area contributed by atoms with Crippen LogP contribution in [0.3, 0.4) is 0 Å². The molecular weight excluding hydrogens is 562 g/mol. The van der Waals surface area contributed by atoms with Gasteiger partial charge >= 0.3 is 5.91 Å². The minimum Gasteiger partial charge on any atom is -0.496 e. The summed E-state index contributed by atoms with van der Waals surface area (Å²) >= 11 is 0. The summed E-state index contributed by atoms with van der Waals surface area (Å²) in [5.74, 6) is -0.694. The molecule has 0 aliphatic carbocycles. The summed E-state index contributed by atoms with van der Waals surface area (Å²) in [6.07, 6.45) is 10.6. The second kappa shape index (κ2) is 13.6. The van der Waals surface area contributed by atoms with Gasteiger partial charge in [0.1, 0.15) is 17.6 Å². The number of nitroso groups, excluding NO2 is 1. The van der Waals surface area contributed by atoms with E-state index in [9.17, 15) is 19.3 Å². The van der Waals surface area contributed by atoms with Gasteiger partial charge in [0.2, 0.25) is 5.90 Å². The number of benzene rings is 2. The van der Waals surface area contributed by atoms with E-state index in [-0.39, 0.29) is 46.7 Å². The van der Waals surface area contributed by atoms with Crippen LogP contribution in [0, 0.1) is 4.91 Å². The lowest BCUT2D eigenvalue weighted by molar-refractivity contribution is 0.0925. The molecule has 0 saturated carbocycles. The fraction of sp³-hybridized carbons (Fsp3) is 0.176. The van der Waals surface area contributed by atoms with Gasteiger partial charge in [-0.15, -0.1) is 4.91 Å². The number of carbonyl (C=O) groups excluding carboxylic acids is 3. The molecule has 2 aromatic rings. The van der Waals surface area contributed by atoms with Crippen molar-refractivity contribution in [3.05, 3.63) is 136 Å². The number of ether oxygens (including phenoxy) is 3. The summed E-state index contributed by atoms with van der Waals surface area (Å²) in [7, 11) is 1.48. The Morgan fingerprint density at radius 2 is 1.84 bits per heavy atom. The average Bonchev–Trinajstić information content (AvgIpc) is 3.33. The first-order chi connectivity index (χ1) is 21.1. The molecule has 1 atom stereocenters. The van der Waals surface area contributed by atoms with E-state index in [1.807, 2.05) is 45.1 Å². The highest BCUT2D eigenvalue weighted by Gasteiger charge is 2.38. The van der Waals surface area contributed by atoms with Gasteiger partial charge in [-0.25, -0.2) is 9.89 Å². The molecule has 4 rings (SSSR count). The Balaban J connectivity index is 1.66. The third-order valence-electron chi connectivity index (χ3n) is 7.00. The number of fused-ring (bicyclic) bond motifs is 1. The molecule has 10 heteroatoms. The van der Waals surface area contributed by atoms with E-state index in [2.05, 4.69) is 23.3 Å². The zero-order valence-electron chi connectivity index (χ0n) is 24.8. The highest BCUT2D eigenvalue weighted by Crippen LogP contribution is 2.33. The molecule has 2 heterocycles. The molecule has 0 radical (unpaired) electrons. The topological polar surface area (TPSA) is 124 Å². The van der Waals surface area contributed by atoms with Crippen LogP contribution in [0.25, 0.3) is 0 Å². The van der Waals surface area contributed by atoms with Gasteiger partial charge in [-0.3, -0.25) is 14.4 Å². The van der Waals surface area contributed by atoms with Crippen LogP contribution in [0.15, 0.2) is 119 Å². The number of amides is 3. The predicted molar refractivity (Wildman–Crippen MR) is 168 cm³/mol. The summed E-state index contributed by atoms with van der Waals surface area (Å²) in [6, 6.07) is 8.49. The van der Waals surface area contributed by atoms with Gasteiger partial charge in [-0.1, -0.05) is 43.5 Å². The van der Waals surface area contributed by atoms with E-state index < -0.39 is 17.7 Å². The van der Waals surface area contributed by atoms with Crippen LogP contribution in [0.2, 0.25) is 0 Å². The number of aliphatic imine (C=N–C) groups is 1. The minimum absolute atomic E-state index is 0.0116. The highest BCUT2D eigenvalue weighted by molar-refractivity contribution is 6.35. The van der Waals surface area contributed by atoms with Gasteiger partial charge < -0.3 is 14.2 Å². The molecule has 2 aromatic carbocycles. The zero-order chi connectivity index (χ0) is 32.0. The van der Waals surface area contributed by atoms with Crippen LogP contribution in [0.4, 0.5) is 5.69 Å².